The van der Waals surface area contributed by atoms with Crippen LogP contribution in [-0.4, -0.2) is 24.0 Å². The number of hydrogen-bond donors (Lipinski definition) is 2. The predicted octanol–water partition coefficient (Wildman–Crippen LogP) is 1.53. The van der Waals surface area contributed by atoms with Crippen molar-refractivity contribution in [3.05, 3.63) is 11.6 Å². The van der Waals surface area contributed by atoms with E-state index in [0.717, 1.165) is 0 Å². The number of anilines is 1. The molecule has 2 N–H and O–H groups in total. The Balaban J connectivity index is 2.26. The SMILES string of the molecule is O=C(NCC(F)F)Nc1nccs1. The van der Waals surface area contributed by atoms with Crippen LogP contribution in [0.2, 0.25) is 0 Å². The quantitative estimate of drug-likeness (QED) is 0.789. The third kappa shape index (κ3) is 3.79. The number of hydrogen-bond acceptors (Lipinski definition) is 3. The Hall–Kier alpha value is -1.24. The first-order valence-electron chi connectivity index (χ1n) is 3.41. The van der Waals surface area contributed by atoms with Gasteiger partial charge in [-0.15, -0.1) is 11.3 Å². The van der Waals surface area contributed by atoms with Crippen LogP contribution in [0.4, 0.5) is 18.7 Å². The minimum Gasteiger partial charge on any atom is -0.332 e. The highest BCUT2D eigenvalue weighted by atomic mass is 32.1. The summed E-state index contributed by atoms with van der Waals surface area (Å²) < 4.78 is 23.2. The van der Waals surface area contributed by atoms with Gasteiger partial charge in [0, 0.05) is 11.6 Å². The summed E-state index contributed by atoms with van der Waals surface area (Å²) in [6, 6.07) is -0.671. The molecule has 0 atom stereocenters. The van der Waals surface area contributed by atoms with Crippen molar-refractivity contribution < 1.29 is 13.6 Å². The largest absolute Gasteiger partial charge is 0.332 e. The van der Waals surface area contributed by atoms with E-state index in [1.165, 1.54) is 17.5 Å². The van der Waals surface area contributed by atoms with E-state index >= 15 is 0 Å². The fourth-order valence-electron chi connectivity index (χ4n) is 0.596. The second kappa shape index (κ2) is 4.70. The lowest BCUT2D eigenvalue weighted by atomic mass is 10.7. The van der Waals surface area contributed by atoms with Gasteiger partial charge in [-0.05, 0) is 0 Å². The molecular weight excluding hydrogens is 200 g/mol. The van der Waals surface area contributed by atoms with E-state index in [1.54, 1.807) is 5.38 Å². The van der Waals surface area contributed by atoms with Gasteiger partial charge in [-0.3, -0.25) is 5.32 Å². The Morgan fingerprint density at radius 3 is 3.00 bits per heavy atom. The van der Waals surface area contributed by atoms with Gasteiger partial charge in [0.2, 0.25) is 0 Å². The van der Waals surface area contributed by atoms with Gasteiger partial charge in [0.15, 0.2) is 5.13 Å². The van der Waals surface area contributed by atoms with E-state index in [-0.39, 0.29) is 0 Å². The van der Waals surface area contributed by atoms with E-state index in [0.29, 0.717) is 5.13 Å². The molecule has 0 saturated carbocycles. The lowest BCUT2D eigenvalue weighted by molar-refractivity contribution is 0.148. The van der Waals surface area contributed by atoms with E-state index in [9.17, 15) is 13.6 Å². The normalized spacial score (nSPS) is 10.1. The first kappa shape index (κ1) is 9.85. The summed E-state index contributed by atoms with van der Waals surface area (Å²) in [5.74, 6) is 0. The molecule has 2 amide bonds. The number of urea groups is 1. The van der Waals surface area contributed by atoms with Gasteiger partial charge >= 0.3 is 6.03 Å². The van der Waals surface area contributed by atoms with Gasteiger partial charge in [-0.1, -0.05) is 0 Å². The maximum absolute atomic E-state index is 11.6. The van der Waals surface area contributed by atoms with Crippen LogP contribution >= 0.6 is 11.3 Å². The lowest BCUT2D eigenvalue weighted by Crippen LogP contribution is -2.32. The average Bonchev–Trinajstić information content (AvgIpc) is 2.53. The van der Waals surface area contributed by atoms with Gasteiger partial charge in [-0.2, -0.15) is 0 Å². The first-order chi connectivity index (χ1) is 6.18. The van der Waals surface area contributed by atoms with Crippen LogP contribution in [-0.2, 0) is 0 Å². The number of carbonyl (C=O) groups is 1. The van der Waals surface area contributed by atoms with E-state index in [2.05, 4.69) is 10.3 Å². The fraction of sp³-hybridized carbons (Fsp3) is 0.333. The third-order valence-corrected chi connectivity index (χ3v) is 1.76. The molecule has 1 aromatic rings. The number of halogens is 2. The van der Waals surface area contributed by atoms with Crippen LogP contribution in [0.5, 0.6) is 0 Å². The highest BCUT2D eigenvalue weighted by Gasteiger charge is 2.06. The average molecular weight is 207 g/mol. The molecule has 0 spiro atoms. The Morgan fingerprint density at radius 1 is 1.69 bits per heavy atom. The minimum atomic E-state index is -2.54. The zero-order valence-electron chi connectivity index (χ0n) is 6.46. The Kier molecular flexibility index (Phi) is 3.56. The van der Waals surface area contributed by atoms with Crippen molar-refractivity contribution in [2.24, 2.45) is 0 Å². The van der Waals surface area contributed by atoms with Crippen LogP contribution in [0.25, 0.3) is 0 Å². The molecule has 72 valence electrons. The molecule has 1 heterocycles. The Morgan fingerprint density at radius 2 is 2.46 bits per heavy atom. The molecule has 0 fully saturated rings. The zero-order valence-corrected chi connectivity index (χ0v) is 7.28. The molecule has 4 nitrogen and oxygen atoms in total. The van der Waals surface area contributed by atoms with E-state index < -0.39 is 19.0 Å². The van der Waals surface area contributed by atoms with Gasteiger partial charge in [-0.25, -0.2) is 18.6 Å². The predicted molar refractivity (Wildman–Crippen MR) is 45.1 cm³/mol. The Labute approximate surface area is 77.0 Å². The maximum Gasteiger partial charge on any atom is 0.321 e. The highest BCUT2D eigenvalue weighted by Crippen LogP contribution is 2.09. The first-order valence-corrected chi connectivity index (χ1v) is 4.29. The maximum atomic E-state index is 11.6. The molecular formula is C6H7F2N3OS. The van der Waals surface area contributed by atoms with Crippen LogP contribution in [0, 0.1) is 0 Å². The fourth-order valence-corrected chi connectivity index (χ4v) is 1.12. The topological polar surface area (TPSA) is 54.0 Å². The highest BCUT2D eigenvalue weighted by molar-refractivity contribution is 7.13. The van der Waals surface area contributed by atoms with Crippen molar-refractivity contribution in [3.63, 3.8) is 0 Å². The minimum absolute atomic E-state index is 0.381. The van der Waals surface area contributed by atoms with Crippen LogP contribution in [0.3, 0.4) is 0 Å². The molecule has 0 aromatic carbocycles. The number of amides is 2. The van der Waals surface area contributed by atoms with Crippen molar-refractivity contribution in [2.75, 3.05) is 11.9 Å². The van der Waals surface area contributed by atoms with Gasteiger partial charge in [0.05, 0.1) is 6.54 Å². The Bertz CT molecular complexity index is 265. The summed E-state index contributed by atoms with van der Waals surface area (Å²) in [4.78, 5) is 14.6. The second-order valence-electron chi connectivity index (χ2n) is 2.06. The summed E-state index contributed by atoms with van der Waals surface area (Å²) in [6.45, 7) is -0.656. The van der Waals surface area contributed by atoms with Gasteiger partial charge < -0.3 is 5.32 Å². The van der Waals surface area contributed by atoms with Crippen molar-refractivity contribution in [1.29, 1.82) is 0 Å². The van der Waals surface area contributed by atoms with Crippen molar-refractivity contribution in [1.82, 2.24) is 10.3 Å². The van der Waals surface area contributed by atoms with Gasteiger partial charge in [0.1, 0.15) is 0 Å². The summed E-state index contributed by atoms with van der Waals surface area (Å²) in [7, 11) is 0. The van der Waals surface area contributed by atoms with Gasteiger partial charge in [0.25, 0.3) is 6.43 Å². The monoisotopic (exact) mass is 207 g/mol. The van der Waals surface area contributed by atoms with Crippen molar-refractivity contribution in [3.8, 4) is 0 Å². The molecule has 0 aliphatic rings. The number of rotatable bonds is 3. The van der Waals surface area contributed by atoms with E-state index in [1.807, 2.05) is 5.32 Å². The second-order valence-corrected chi connectivity index (χ2v) is 2.96. The molecule has 7 heteroatoms. The smallest absolute Gasteiger partial charge is 0.321 e. The van der Waals surface area contributed by atoms with E-state index in [4.69, 9.17) is 0 Å². The molecule has 0 unspecified atom stereocenters. The van der Waals surface area contributed by atoms with Crippen LogP contribution in [0.1, 0.15) is 0 Å². The molecule has 0 bridgehead atoms. The molecule has 1 aromatic heterocycles. The number of thiazole rings is 1. The number of aromatic nitrogens is 1. The number of nitrogens with one attached hydrogen (secondary N) is 2. The summed E-state index contributed by atoms with van der Waals surface area (Å²) in [6.07, 6.45) is -1.03. The standard InChI is InChI=1S/C6H7F2N3OS/c7-4(8)3-10-5(12)11-6-9-1-2-13-6/h1-2,4H,3H2,(H2,9,10,11,12). The number of alkyl halides is 2. The molecule has 0 radical (unpaired) electrons. The summed E-state index contributed by atoms with van der Waals surface area (Å²) in [5, 5.41) is 6.34. The van der Waals surface area contributed by atoms with Crippen molar-refractivity contribution in [2.45, 2.75) is 6.43 Å². The molecule has 13 heavy (non-hydrogen) atoms. The zero-order chi connectivity index (χ0) is 9.68. The summed E-state index contributed by atoms with van der Waals surface area (Å²) in [5.41, 5.74) is 0. The molecule has 0 aliphatic heterocycles. The lowest BCUT2D eigenvalue weighted by Gasteiger charge is -2.03. The number of carbonyl (C=O) groups excluding carboxylic acids is 1. The molecule has 1 rings (SSSR count). The third-order valence-electron chi connectivity index (χ3n) is 1.07. The summed E-state index contributed by atoms with van der Waals surface area (Å²) >= 11 is 1.21. The van der Waals surface area contributed by atoms with Crippen LogP contribution in [0.15, 0.2) is 11.6 Å². The number of nitrogens with zero attached hydrogens (tertiary/aromatic N) is 1. The molecule has 0 aliphatic carbocycles. The molecule has 0 saturated heterocycles. The van der Waals surface area contributed by atoms with Crippen molar-refractivity contribution >= 4 is 22.5 Å². The van der Waals surface area contributed by atoms with Crippen LogP contribution < -0.4 is 10.6 Å².